The number of fused-ring (bicyclic) bond motifs is 1. The number of nitrogens with one attached hydrogen (secondary N) is 1. The molecule has 5 fully saturated rings. The Balaban J connectivity index is 0.834. The topological polar surface area (TPSA) is 122 Å². The van der Waals surface area contributed by atoms with E-state index in [0.29, 0.717) is 41.8 Å². The quantitative estimate of drug-likeness (QED) is 0.216. The smallest absolute Gasteiger partial charge is 0.234 e. The molecule has 5 aliphatic heterocycles. The van der Waals surface area contributed by atoms with Crippen LogP contribution in [0.4, 0.5) is 11.4 Å². The van der Waals surface area contributed by atoms with Crippen molar-refractivity contribution in [3.05, 3.63) is 102 Å². The number of phenolic OH excluding ortho intramolecular Hbond substituents is 1. The minimum absolute atomic E-state index is 0.180. The van der Waals surface area contributed by atoms with E-state index >= 15 is 4.79 Å². The SMILES string of the molecule is O=C1CC[C@H](c2ccc(N3CCC(CN4CC5CCCN(C(=O)C6(c7ccccc7)CCN(c7cnnc(-c8ccccc8O)c7)CC6)C5C4)CC3)cc2)C(=O)N1. The van der Waals surface area contributed by atoms with Crippen molar-refractivity contribution < 1.29 is 19.5 Å². The molecule has 5 aliphatic rings. The summed E-state index contributed by atoms with van der Waals surface area (Å²) in [6.45, 7) is 7.40. The Hall–Kier alpha value is -5.29. The van der Waals surface area contributed by atoms with Crippen LogP contribution in [0.1, 0.15) is 68.4 Å². The zero-order valence-corrected chi connectivity index (χ0v) is 32.6. The maximum absolute atomic E-state index is 15.1. The van der Waals surface area contributed by atoms with Crippen LogP contribution in [0.25, 0.3) is 11.3 Å². The number of hydrogen-bond acceptors (Lipinski definition) is 9. The Bertz CT molecular complexity index is 2080. The molecule has 6 heterocycles. The number of carbonyl (C=O) groups is 3. The molecule has 11 nitrogen and oxygen atoms in total. The highest BCUT2D eigenvalue weighted by atomic mass is 16.3. The van der Waals surface area contributed by atoms with Gasteiger partial charge in [0.2, 0.25) is 17.7 Å². The van der Waals surface area contributed by atoms with Crippen molar-refractivity contribution >= 4 is 29.1 Å². The molecule has 3 atom stereocenters. The molecule has 5 saturated heterocycles. The second kappa shape index (κ2) is 15.9. The molecule has 0 radical (unpaired) electrons. The number of carbonyl (C=O) groups excluding carboxylic acids is 3. The Kier molecular flexibility index (Phi) is 10.4. The molecule has 0 spiro atoms. The molecule has 0 bridgehead atoms. The number of imide groups is 1. The van der Waals surface area contributed by atoms with Crippen molar-refractivity contribution in [3.8, 4) is 17.0 Å². The van der Waals surface area contributed by atoms with Crippen LogP contribution >= 0.6 is 0 Å². The summed E-state index contributed by atoms with van der Waals surface area (Å²) in [4.78, 5) is 48.8. The molecule has 3 amide bonds. The first-order valence-electron chi connectivity index (χ1n) is 21.0. The van der Waals surface area contributed by atoms with Gasteiger partial charge in [0.1, 0.15) is 5.75 Å². The Morgan fingerprint density at radius 2 is 1.54 bits per heavy atom. The van der Waals surface area contributed by atoms with E-state index in [9.17, 15) is 14.7 Å². The van der Waals surface area contributed by atoms with Gasteiger partial charge in [-0.15, -0.1) is 0 Å². The van der Waals surface area contributed by atoms with E-state index in [1.165, 1.54) is 12.1 Å². The summed E-state index contributed by atoms with van der Waals surface area (Å²) < 4.78 is 0. The van der Waals surface area contributed by atoms with Crippen molar-refractivity contribution in [2.24, 2.45) is 11.8 Å². The maximum Gasteiger partial charge on any atom is 0.234 e. The normalized spacial score (nSPS) is 24.3. The molecule has 0 aliphatic carbocycles. The van der Waals surface area contributed by atoms with Gasteiger partial charge in [0.25, 0.3) is 0 Å². The summed E-state index contributed by atoms with van der Waals surface area (Å²) in [5.41, 5.74) is 4.95. The highest BCUT2D eigenvalue weighted by molar-refractivity contribution is 6.01. The molecule has 11 heteroatoms. The third-order valence-electron chi connectivity index (χ3n) is 13.7. The Labute approximate surface area is 335 Å². The molecule has 9 rings (SSSR count). The average molecular weight is 768 g/mol. The van der Waals surface area contributed by atoms with Gasteiger partial charge in [0.05, 0.1) is 28.9 Å². The van der Waals surface area contributed by atoms with E-state index in [2.05, 4.69) is 83.6 Å². The van der Waals surface area contributed by atoms with E-state index < -0.39 is 5.41 Å². The van der Waals surface area contributed by atoms with Gasteiger partial charge in [-0.2, -0.15) is 10.2 Å². The highest BCUT2D eigenvalue weighted by Gasteiger charge is 2.50. The second-order valence-corrected chi connectivity index (χ2v) is 17.0. The third kappa shape index (κ3) is 7.49. The van der Waals surface area contributed by atoms with Crippen molar-refractivity contribution in [2.75, 3.05) is 62.2 Å². The van der Waals surface area contributed by atoms with Crippen molar-refractivity contribution in [1.29, 1.82) is 0 Å². The number of benzene rings is 3. The Morgan fingerprint density at radius 3 is 2.30 bits per heavy atom. The van der Waals surface area contributed by atoms with Crippen LogP contribution in [0.2, 0.25) is 0 Å². The molecule has 296 valence electrons. The van der Waals surface area contributed by atoms with Gasteiger partial charge in [0, 0.05) is 76.1 Å². The maximum atomic E-state index is 15.1. The second-order valence-electron chi connectivity index (χ2n) is 17.0. The summed E-state index contributed by atoms with van der Waals surface area (Å²) in [5, 5.41) is 21.6. The number of amides is 3. The van der Waals surface area contributed by atoms with E-state index in [4.69, 9.17) is 0 Å². The molecule has 4 aromatic rings. The van der Waals surface area contributed by atoms with E-state index in [0.717, 1.165) is 101 Å². The third-order valence-corrected chi connectivity index (χ3v) is 13.7. The van der Waals surface area contributed by atoms with Crippen LogP contribution in [-0.2, 0) is 19.8 Å². The molecule has 0 saturated carbocycles. The minimum Gasteiger partial charge on any atom is -0.507 e. The summed E-state index contributed by atoms with van der Waals surface area (Å²) in [6.07, 6.45) is 8.70. The highest BCUT2D eigenvalue weighted by Crippen LogP contribution is 2.42. The van der Waals surface area contributed by atoms with E-state index in [-0.39, 0.29) is 29.5 Å². The standard InChI is InChI=1S/C46H53N7O4/c54-42-11-5-4-10-39(42)40-27-37(28-47-49-40)52-25-20-46(21-26-52,35-8-2-1-3-9-35)45(57)53-22-6-7-34-30-50(31-41(34)53)29-32-18-23-51(24-19-32)36-14-12-33(13-15-36)38-16-17-43(55)48-44(38)56/h1-5,8-15,27-28,32,34,38,41,54H,6-7,16-26,29-31H2,(H,48,55,56)/t34?,38-,41?/m1/s1. The van der Waals surface area contributed by atoms with Gasteiger partial charge in [0.15, 0.2) is 0 Å². The fraction of sp³-hybridized carbons (Fsp3) is 0.457. The van der Waals surface area contributed by atoms with Crippen molar-refractivity contribution in [3.63, 3.8) is 0 Å². The monoisotopic (exact) mass is 767 g/mol. The van der Waals surface area contributed by atoms with E-state index in [1.54, 1.807) is 18.3 Å². The molecule has 3 aromatic carbocycles. The molecular formula is C46H53N7O4. The number of likely N-dealkylation sites (tertiary alicyclic amines) is 2. The lowest BCUT2D eigenvalue weighted by Crippen LogP contribution is -2.58. The number of anilines is 2. The van der Waals surface area contributed by atoms with Crippen LogP contribution in [0.3, 0.4) is 0 Å². The predicted molar refractivity (Wildman–Crippen MR) is 220 cm³/mol. The first-order valence-corrected chi connectivity index (χ1v) is 21.0. The average Bonchev–Trinajstić information content (AvgIpc) is 3.67. The number of piperidine rings is 4. The fourth-order valence-electron chi connectivity index (χ4n) is 10.5. The van der Waals surface area contributed by atoms with Gasteiger partial charge in [-0.3, -0.25) is 19.7 Å². The van der Waals surface area contributed by atoms with Crippen LogP contribution in [0.15, 0.2) is 91.1 Å². The van der Waals surface area contributed by atoms with Crippen molar-refractivity contribution in [2.45, 2.75) is 68.7 Å². The largest absolute Gasteiger partial charge is 0.507 e. The summed E-state index contributed by atoms with van der Waals surface area (Å²) in [6, 6.07) is 28.3. The van der Waals surface area contributed by atoms with Gasteiger partial charge in [-0.1, -0.05) is 54.6 Å². The number of para-hydroxylation sites is 1. The fourth-order valence-corrected chi connectivity index (χ4v) is 10.5. The zero-order chi connectivity index (χ0) is 38.9. The molecular weight excluding hydrogens is 715 g/mol. The number of aromatic hydroxyl groups is 1. The van der Waals surface area contributed by atoms with Gasteiger partial charge < -0.3 is 24.7 Å². The van der Waals surface area contributed by atoms with Gasteiger partial charge in [-0.25, -0.2) is 0 Å². The molecule has 2 N–H and O–H groups in total. The summed E-state index contributed by atoms with van der Waals surface area (Å²) in [5.74, 6) is 0.991. The van der Waals surface area contributed by atoms with Gasteiger partial charge >= 0.3 is 0 Å². The Morgan fingerprint density at radius 1 is 0.807 bits per heavy atom. The number of hydrogen-bond donors (Lipinski definition) is 2. The predicted octanol–water partition coefficient (Wildman–Crippen LogP) is 5.75. The molecule has 57 heavy (non-hydrogen) atoms. The number of aromatic nitrogens is 2. The van der Waals surface area contributed by atoms with Crippen LogP contribution in [0.5, 0.6) is 5.75 Å². The van der Waals surface area contributed by atoms with Crippen LogP contribution < -0.4 is 15.1 Å². The van der Waals surface area contributed by atoms with Crippen molar-refractivity contribution in [1.82, 2.24) is 25.3 Å². The van der Waals surface area contributed by atoms with Crippen LogP contribution in [-0.4, -0.2) is 101 Å². The number of phenols is 1. The number of nitrogens with zero attached hydrogens (tertiary/aromatic N) is 6. The molecule has 1 aromatic heterocycles. The first kappa shape index (κ1) is 37.3. The first-order chi connectivity index (χ1) is 27.8. The zero-order valence-electron chi connectivity index (χ0n) is 32.6. The summed E-state index contributed by atoms with van der Waals surface area (Å²) in [7, 11) is 0. The summed E-state index contributed by atoms with van der Waals surface area (Å²) >= 11 is 0. The lowest BCUT2D eigenvalue weighted by molar-refractivity contribution is -0.143. The van der Waals surface area contributed by atoms with Crippen LogP contribution in [0, 0.1) is 11.8 Å². The van der Waals surface area contributed by atoms with E-state index in [1.807, 2.05) is 24.3 Å². The minimum atomic E-state index is -0.582. The molecule has 2 unspecified atom stereocenters. The van der Waals surface area contributed by atoms with Gasteiger partial charge in [-0.05, 0) is 98.2 Å². The lowest BCUT2D eigenvalue weighted by Gasteiger charge is -2.47. The number of rotatable bonds is 8. The lowest BCUT2D eigenvalue weighted by atomic mass is 9.70.